The lowest BCUT2D eigenvalue weighted by Crippen LogP contribution is -2.57. The predicted octanol–water partition coefficient (Wildman–Crippen LogP) is 2.16. The minimum Gasteiger partial charge on any atom is -0.468 e. The summed E-state index contributed by atoms with van der Waals surface area (Å²) in [5.41, 5.74) is 4.32. The van der Waals surface area contributed by atoms with Crippen molar-refractivity contribution in [1.82, 2.24) is 9.97 Å². The molecule has 154 valence electrons. The van der Waals surface area contributed by atoms with Gasteiger partial charge in [0.15, 0.2) is 12.7 Å². The van der Waals surface area contributed by atoms with E-state index in [-0.39, 0.29) is 5.88 Å². The van der Waals surface area contributed by atoms with Crippen molar-refractivity contribution in [2.24, 2.45) is 28.9 Å². The lowest BCUT2D eigenvalue weighted by atomic mass is 9.48. The van der Waals surface area contributed by atoms with Gasteiger partial charge in [0, 0.05) is 5.41 Å². The third-order valence-electron chi connectivity index (χ3n) is 6.23. The highest BCUT2D eigenvalue weighted by Gasteiger charge is 2.56. The van der Waals surface area contributed by atoms with Gasteiger partial charge in [0.2, 0.25) is 11.8 Å². The number of primary amides is 1. The van der Waals surface area contributed by atoms with Crippen LogP contribution < -0.4 is 20.9 Å². The summed E-state index contributed by atoms with van der Waals surface area (Å²) >= 11 is 0. The summed E-state index contributed by atoms with van der Waals surface area (Å²) in [4.78, 5) is 29.6. The highest BCUT2D eigenvalue weighted by molar-refractivity contribution is 5.80. The maximum absolute atomic E-state index is 12.4. The van der Waals surface area contributed by atoms with Gasteiger partial charge in [-0.15, -0.1) is 0 Å². The van der Waals surface area contributed by atoms with E-state index in [9.17, 15) is 22.8 Å². The molecule has 3 N–H and O–H groups in total. The highest BCUT2D eigenvalue weighted by atomic mass is 19.4. The van der Waals surface area contributed by atoms with Gasteiger partial charge < -0.3 is 15.2 Å². The van der Waals surface area contributed by atoms with Crippen LogP contribution >= 0.6 is 0 Å². The second kappa shape index (κ2) is 6.66. The molecule has 4 saturated carbocycles. The lowest BCUT2D eigenvalue weighted by Gasteiger charge is -2.58. The molecule has 28 heavy (non-hydrogen) atoms. The van der Waals surface area contributed by atoms with Crippen molar-refractivity contribution < 1.29 is 27.4 Å². The molecule has 4 aliphatic rings. The number of hydrogen-bond donors (Lipinski definition) is 2. The van der Waals surface area contributed by atoms with Gasteiger partial charge in [0.1, 0.15) is 0 Å². The fraction of sp³-hybridized carbons (Fsp3) is 0.722. The van der Waals surface area contributed by atoms with Gasteiger partial charge in [-0.05, 0) is 56.3 Å². The minimum atomic E-state index is -4.57. The van der Waals surface area contributed by atoms with Crippen molar-refractivity contribution in [2.45, 2.75) is 50.8 Å². The van der Waals surface area contributed by atoms with Gasteiger partial charge in [0.25, 0.3) is 5.91 Å². The molecule has 0 saturated heterocycles. The van der Waals surface area contributed by atoms with E-state index in [1.54, 1.807) is 0 Å². The van der Waals surface area contributed by atoms with Gasteiger partial charge >= 0.3 is 11.9 Å². The van der Waals surface area contributed by atoms with Crippen molar-refractivity contribution >= 4 is 5.91 Å². The normalized spacial score (nSPS) is 32.2. The average molecular weight is 401 g/mol. The topological polar surface area (TPSA) is 107 Å². The molecule has 1 atom stereocenters. The van der Waals surface area contributed by atoms with E-state index < -0.39 is 41.8 Å². The van der Waals surface area contributed by atoms with Crippen LogP contribution in [0.1, 0.15) is 38.5 Å². The highest BCUT2D eigenvalue weighted by Crippen LogP contribution is 2.61. The van der Waals surface area contributed by atoms with Crippen LogP contribution in [0.25, 0.3) is 0 Å². The number of rotatable bonds is 6. The number of nitrogens with two attached hydrogens (primary N) is 1. The molecule has 4 aliphatic carbocycles. The first kappa shape index (κ1) is 19.1. The van der Waals surface area contributed by atoms with Gasteiger partial charge in [-0.25, -0.2) is 4.79 Å². The molecule has 1 amide bonds. The molecular weight excluding hydrogens is 379 g/mol. The summed E-state index contributed by atoms with van der Waals surface area (Å²) in [6, 6.07) is 1.05. The Morgan fingerprint density at radius 1 is 1.25 bits per heavy atom. The smallest absolute Gasteiger partial charge is 0.422 e. The first-order valence-electron chi connectivity index (χ1n) is 9.39. The number of hydrogen-bond acceptors (Lipinski definition) is 5. The van der Waals surface area contributed by atoms with E-state index in [1.807, 2.05) is 0 Å². The van der Waals surface area contributed by atoms with E-state index in [2.05, 4.69) is 14.7 Å². The first-order valence-corrected chi connectivity index (χ1v) is 9.39. The largest absolute Gasteiger partial charge is 0.468 e. The van der Waals surface area contributed by atoms with Crippen molar-refractivity contribution in [1.29, 1.82) is 0 Å². The number of carbonyl (C=O) groups is 1. The predicted molar refractivity (Wildman–Crippen MR) is 90.6 cm³/mol. The number of ether oxygens (including phenoxy) is 2. The minimum absolute atomic E-state index is 0.170. The van der Waals surface area contributed by atoms with Crippen LogP contribution in [-0.2, 0) is 4.79 Å². The fourth-order valence-corrected chi connectivity index (χ4v) is 5.82. The molecule has 0 spiro atoms. The molecule has 7 nitrogen and oxygen atoms in total. The number of nitrogens with zero attached hydrogens (tertiary/aromatic N) is 1. The fourth-order valence-electron chi connectivity index (χ4n) is 5.82. The summed E-state index contributed by atoms with van der Waals surface area (Å²) in [6.45, 7) is -1.59. The molecule has 1 unspecified atom stereocenters. The Labute approximate surface area is 158 Å². The number of amides is 1. The second-order valence-electron chi connectivity index (χ2n) is 8.47. The Morgan fingerprint density at radius 2 is 1.82 bits per heavy atom. The summed E-state index contributed by atoms with van der Waals surface area (Å²) in [6.07, 6.45) is 0.442. The summed E-state index contributed by atoms with van der Waals surface area (Å²) in [7, 11) is 0. The third kappa shape index (κ3) is 3.81. The number of carbonyl (C=O) groups excluding carboxylic acids is 1. The van der Waals surface area contributed by atoms with Gasteiger partial charge in [-0.1, -0.05) is 0 Å². The van der Waals surface area contributed by atoms with Crippen molar-refractivity contribution in [3.63, 3.8) is 0 Å². The van der Waals surface area contributed by atoms with E-state index in [1.165, 1.54) is 0 Å². The second-order valence-corrected chi connectivity index (χ2v) is 8.47. The maximum Gasteiger partial charge on any atom is 0.422 e. The Balaban J connectivity index is 1.57. The Hall–Kier alpha value is -2.26. The monoisotopic (exact) mass is 401 g/mol. The van der Waals surface area contributed by atoms with Crippen LogP contribution in [0.4, 0.5) is 13.2 Å². The number of halogens is 3. The number of aromatic amines is 1. The van der Waals surface area contributed by atoms with E-state index in [4.69, 9.17) is 10.5 Å². The number of nitrogens with one attached hydrogen (secondary N) is 1. The lowest BCUT2D eigenvalue weighted by molar-refractivity contribution is -0.154. The SMILES string of the molecule is NC(=O)C(Oc1cc(OCC(F)(F)F)nc(=O)[nH]1)C12CC3CC(CC(C3)C1)C2. The quantitative estimate of drug-likeness (QED) is 0.760. The molecule has 0 aromatic carbocycles. The van der Waals surface area contributed by atoms with Crippen LogP contribution in [0.3, 0.4) is 0 Å². The van der Waals surface area contributed by atoms with Crippen LogP contribution in [0.15, 0.2) is 10.9 Å². The van der Waals surface area contributed by atoms with E-state index in [0.717, 1.165) is 44.6 Å². The van der Waals surface area contributed by atoms with Crippen LogP contribution in [0.5, 0.6) is 11.8 Å². The third-order valence-corrected chi connectivity index (χ3v) is 6.23. The molecule has 4 fully saturated rings. The standard InChI is InChI=1S/C18H22F3N3O4/c19-18(20,21)8-27-12-4-13(24-16(26)23-12)28-14(15(22)25)17-5-9-1-10(6-17)3-11(2-9)7-17/h4,9-11,14H,1-3,5-8H2,(H2,22,25)(H,23,24,26). The van der Waals surface area contributed by atoms with Gasteiger partial charge in [-0.2, -0.15) is 18.2 Å². The maximum atomic E-state index is 12.4. The van der Waals surface area contributed by atoms with E-state index in [0.29, 0.717) is 17.8 Å². The number of alkyl halides is 3. The van der Waals surface area contributed by atoms with Crippen molar-refractivity contribution in [3.8, 4) is 11.8 Å². The molecule has 0 aliphatic heterocycles. The molecule has 0 radical (unpaired) electrons. The van der Waals surface area contributed by atoms with Crippen LogP contribution in [0.2, 0.25) is 0 Å². The first-order chi connectivity index (χ1) is 13.1. The zero-order valence-electron chi connectivity index (χ0n) is 15.1. The molecule has 5 rings (SSSR count). The summed E-state index contributed by atoms with van der Waals surface area (Å²) < 4.78 is 47.4. The van der Waals surface area contributed by atoms with Gasteiger partial charge in [0.05, 0.1) is 6.07 Å². The van der Waals surface area contributed by atoms with Crippen molar-refractivity contribution in [3.05, 3.63) is 16.6 Å². The molecule has 4 bridgehead atoms. The molecule has 10 heteroatoms. The Bertz CT molecular complexity index is 788. The summed E-state index contributed by atoms with van der Waals surface area (Å²) in [5, 5.41) is 0. The Morgan fingerprint density at radius 3 is 2.32 bits per heavy atom. The van der Waals surface area contributed by atoms with Crippen molar-refractivity contribution in [2.75, 3.05) is 6.61 Å². The Kier molecular flexibility index (Phi) is 4.54. The van der Waals surface area contributed by atoms with E-state index >= 15 is 0 Å². The zero-order chi connectivity index (χ0) is 20.1. The van der Waals surface area contributed by atoms with Crippen LogP contribution in [-0.4, -0.2) is 34.8 Å². The molecule has 1 heterocycles. The number of aromatic nitrogens is 2. The molecule has 1 aromatic rings. The number of H-pyrrole nitrogens is 1. The van der Waals surface area contributed by atoms with Gasteiger partial charge in [-0.3, -0.25) is 9.78 Å². The van der Waals surface area contributed by atoms with Crippen LogP contribution in [0, 0.1) is 23.2 Å². The average Bonchev–Trinajstić information content (AvgIpc) is 2.55. The molecule has 1 aromatic heterocycles. The molecular formula is C18H22F3N3O4. The summed E-state index contributed by atoms with van der Waals surface area (Å²) in [5.74, 6) is 0.288. The zero-order valence-corrected chi connectivity index (χ0v) is 15.1.